The summed E-state index contributed by atoms with van der Waals surface area (Å²) in [6.07, 6.45) is 6.67. The van der Waals surface area contributed by atoms with Crippen molar-refractivity contribution in [2.24, 2.45) is 0 Å². The summed E-state index contributed by atoms with van der Waals surface area (Å²) in [7, 11) is -2.74. The molecular formula is C38H27N5O4Si. The van der Waals surface area contributed by atoms with Crippen LogP contribution >= 0.6 is 0 Å². The third kappa shape index (κ3) is 5.72. The van der Waals surface area contributed by atoms with Gasteiger partial charge in [-0.05, 0) is 82.2 Å². The van der Waals surface area contributed by atoms with Gasteiger partial charge in [0, 0.05) is 42.9 Å². The summed E-state index contributed by atoms with van der Waals surface area (Å²) in [6.45, 7) is 2.24. The zero-order valence-corrected chi connectivity index (χ0v) is 26.7. The van der Waals surface area contributed by atoms with E-state index in [4.69, 9.17) is 23.9 Å². The Morgan fingerprint density at radius 2 is 0.938 bits per heavy atom. The first kappa shape index (κ1) is 29.0. The maximum absolute atomic E-state index is 6.39. The fraction of sp³-hybridized carbons (Fsp3) is 0.0263. The molecule has 0 aliphatic carbocycles. The van der Waals surface area contributed by atoms with E-state index in [0.717, 1.165) is 21.5 Å². The summed E-state index contributed by atoms with van der Waals surface area (Å²) in [5.41, 5.74) is 2.93. The molecule has 0 N–H and O–H groups in total. The lowest BCUT2D eigenvalue weighted by molar-refractivity contribution is 0.448. The Bertz CT molecular complexity index is 2090. The average Bonchev–Trinajstić information content (AvgIpc) is 3.37. The summed E-state index contributed by atoms with van der Waals surface area (Å²) in [5, 5.41) is 11.0. The van der Waals surface area contributed by atoms with Crippen LogP contribution in [0.25, 0.3) is 11.1 Å². The Morgan fingerprint density at radius 3 is 1.40 bits per heavy atom. The van der Waals surface area contributed by atoms with Crippen LogP contribution in [-0.4, -0.2) is 33.2 Å². The molecule has 1 aliphatic rings. The van der Waals surface area contributed by atoms with Gasteiger partial charge in [0.25, 0.3) is 0 Å². The molecule has 8 rings (SSSR count). The molecule has 4 heterocycles. The topological polar surface area (TPSA) is 101 Å². The molecule has 0 saturated heterocycles. The molecule has 0 fully saturated rings. The van der Waals surface area contributed by atoms with Crippen LogP contribution in [0.4, 0.5) is 0 Å². The van der Waals surface area contributed by atoms with Crippen molar-refractivity contribution in [2.75, 3.05) is 0 Å². The maximum atomic E-state index is 6.39. The lowest BCUT2D eigenvalue weighted by Crippen LogP contribution is -2.64. The zero-order chi connectivity index (χ0) is 32.3. The van der Waals surface area contributed by atoms with Crippen LogP contribution < -0.4 is 34.8 Å². The molecule has 1 aliphatic heterocycles. The fourth-order valence-corrected chi connectivity index (χ4v) is 9.60. The number of hydrogen-bond donors (Lipinski definition) is 0. The summed E-state index contributed by atoms with van der Waals surface area (Å²) in [6, 6.07) is 38.4. The Morgan fingerprint density at radius 1 is 0.438 bits per heavy atom. The molecule has 0 unspecified atom stereocenters. The first-order valence-corrected chi connectivity index (χ1v) is 17.8. The second-order valence-electron chi connectivity index (χ2n) is 11.2. The van der Waals surface area contributed by atoms with Crippen molar-refractivity contribution in [2.45, 2.75) is 6.55 Å². The Kier molecular flexibility index (Phi) is 7.52. The number of rotatable bonds is 9. The van der Waals surface area contributed by atoms with Gasteiger partial charge in [-0.25, -0.2) is 15.0 Å². The highest BCUT2D eigenvalue weighted by Gasteiger charge is 2.46. The normalized spacial score (nSPS) is 12.4. The van der Waals surface area contributed by atoms with Crippen LogP contribution in [0.15, 0.2) is 146 Å². The lowest BCUT2D eigenvalue weighted by Gasteiger charge is -2.23. The number of fused-ring (bicyclic) bond motifs is 3. The monoisotopic (exact) mass is 645 g/mol. The Balaban J connectivity index is 1.11. The van der Waals surface area contributed by atoms with Crippen molar-refractivity contribution in [3.63, 3.8) is 0 Å². The van der Waals surface area contributed by atoms with E-state index in [1.54, 1.807) is 24.8 Å². The summed E-state index contributed by atoms with van der Waals surface area (Å²) in [4.78, 5) is 13.2. The SMILES string of the molecule is C[Si]1(c2nccnn2)c2cc(Oc3cccc(Oc4ccccn4)c3)ccc2-c2ccc(Oc3cccc(Oc4ccccn4)c3)cc21. The molecule has 0 amide bonds. The minimum absolute atomic E-state index is 0.511. The molecular weight excluding hydrogens is 619 g/mol. The minimum Gasteiger partial charge on any atom is -0.457 e. The average molecular weight is 646 g/mol. The van der Waals surface area contributed by atoms with Crippen molar-refractivity contribution >= 4 is 23.9 Å². The number of hydrogen-bond acceptors (Lipinski definition) is 9. The third-order valence-electron chi connectivity index (χ3n) is 8.08. The van der Waals surface area contributed by atoms with E-state index in [-0.39, 0.29) is 0 Å². The van der Waals surface area contributed by atoms with Crippen LogP contribution in [0, 0.1) is 0 Å². The van der Waals surface area contributed by atoms with Crippen molar-refractivity contribution in [1.29, 1.82) is 0 Å². The van der Waals surface area contributed by atoms with E-state index in [2.05, 4.69) is 51.0 Å². The number of benzene rings is 4. The molecule has 3 aromatic heterocycles. The Labute approximate surface area is 277 Å². The smallest absolute Gasteiger partial charge is 0.219 e. The summed E-state index contributed by atoms with van der Waals surface area (Å²) in [5.74, 6) is 4.96. The molecule has 7 aromatic rings. The minimum atomic E-state index is -2.74. The van der Waals surface area contributed by atoms with Crippen molar-refractivity contribution in [1.82, 2.24) is 25.1 Å². The van der Waals surface area contributed by atoms with Crippen LogP contribution in [0.2, 0.25) is 6.55 Å². The van der Waals surface area contributed by atoms with E-state index in [9.17, 15) is 0 Å². The summed E-state index contributed by atoms with van der Waals surface area (Å²) >= 11 is 0. The van der Waals surface area contributed by atoms with Crippen molar-refractivity contribution in [3.8, 4) is 57.4 Å². The number of pyridine rings is 2. The van der Waals surface area contributed by atoms with Gasteiger partial charge < -0.3 is 18.9 Å². The molecule has 232 valence electrons. The molecule has 10 heteroatoms. The van der Waals surface area contributed by atoms with Gasteiger partial charge in [-0.1, -0.05) is 42.9 Å². The highest BCUT2D eigenvalue weighted by molar-refractivity contribution is 7.12. The second-order valence-corrected chi connectivity index (χ2v) is 15.0. The number of ether oxygens (including phenoxy) is 4. The second kappa shape index (κ2) is 12.4. The summed E-state index contributed by atoms with van der Waals surface area (Å²) < 4.78 is 24.6. The van der Waals surface area contributed by atoms with Crippen LogP contribution in [0.1, 0.15) is 0 Å². The predicted molar refractivity (Wildman–Crippen MR) is 184 cm³/mol. The van der Waals surface area contributed by atoms with Gasteiger partial charge in [0.1, 0.15) is 39.9 Å². The first-order chi connectivity index (χ1) is 23.6. The van der Waals surface area contributed by atoms with Crippen LogP contribution in [0.3, 0.4) is 0 Å². The van der Waals surface area contributed by atoms with Crippen LogP contribution in [0.5, 0.6) is 46.3 Å². The third-order valence-corrected chi connectivity index (χ3v) is 12.2. The van der Waals surface area contributed by atoms with Gasteiger partial charge in [0.2, 0.25) is 11.8 Å². The van der Waals surface area contributed by atoms with Gasteiger partial charge in [-0.15, -0.1) is 5.10 Å². The molecule has 0 atom stereocenters. The fourth-order valence-electron chi connectivity index (χ4n) is 5.86. The number of aromatic nitrogens is 5. The molecule has 4 aromatic carbocycles. The zero-order valence-electron chi connectivity index (χ0n) is 25.7. The highest BCUT2D eigenvalue weighted by Crippen LogP contribution is 2.35. The van der Waals surface area contributed by atoms with Crippen LogP contribution in [-0.2, 0) is 0 Å². The van der Waals surface area contributed by atoms with Gasteiger partial charge in [-0.3, -0.25) is 0 Å². The lowest BCUT2D eigenvalue weighted by atomic mass is 10.1. The van der Waals surface area contributed by atoms with E-state index in [0.29, 0.717) is 51.7 Å². The van der Waals surface area contributed by atoms with Crippen molar-refractivity contribution in [3.05, 3.63) is 146 Å². The largest absolute Gasteiger partial charge is 0.457 e. The molecule has 0 radical (unpaired) electrons. The van der Waals surface area contributed by atoms with Gasteiger partial charge in [0.15, 0.2) is 8.07 Å². The maximum Gasteiger partial charge on any atom is 0.219 e. The van der Waals surface area contributed by atoms with E-state index < -0.39 is 8.07 Å². The predicted octanol–water partition coefficient (Wildman–Crippen LogP) is 6.91. The van der Waals surface area contributed by atoms with Crippen molar-refractivity contribution < 1.29 is 18.9 Å². The Hall–Kier alpha value is -6.39. The van der Waals surface area contributed by atoms with E-state index >= 15 is 0 Å². The van der Waals surface area contributed by atoms with E-state index in [1.165, 1.54) is 0 Å². The van der Waals surface area contributed by atoms with Gasteiger partial charge in [-0.2, -0.15) is 5.10 Å². The molecule has 48 heavy (non-hydrogen) atoms. The highest BCUT2D eigenvalue weighted by atomic mass is 28.3. The molecule has 9 nitrogen and oxygen atoms in total. The molecule has 0 bridgehead atoms. The van der Waals surface area contributed by atoms with E-state index in [1.807, 2.05) is 97.1 Å². The first-order valence-electron chi connectivity index (χ1n) is 15.3. The van der Waals surface area contributed by atoms with Gasteiger partial charge >= 0.3 is 0 Å². The number of nitrogens with zero attached hydrogens (tertiary/aromatic N) is 5. The van der Waals surface area contributed by atoms with Gasteiger partial charge in [0.05, 0.1) is 6.20 Å². The quantitative estimate of drug-likeness (QED) is 0.155. The standard InChI is InChI=1S/C38H27N5O4Si/c1-48(38-41-20-21-42-43-38)34-24-30(44-26-8-6-10-28(22-26)46-36-12-2-4-18-39-36)14-16-32(34)33-17-15-31(25-35(33)48)45-27-9-7-11-29(23-27)47-37-13-3-5-19-40-37/h2-25H,1H3. The molecule has 0 saturated carbocycles. The molecule has 0 spiro atoms.